The van der Waals surface area contributed by atoms with Crippen LogP contribution in [-0.2, 0) is 0 Å². The first-order valence-corrected chi connectivity index (χ1v) is 8.68. The van der Waals surface area contributed by atoms with E-state index in [1.165, 1.54) is 32.1 Å². The molecule has 0 radical (unpaired) electrons. The van der Waals surface area contributed by atoms with Gasteiger partial charge >= 0.3 is 0 Å². The molecule has 1 aromatic carbocycles. The molecule has 0 fully saturated rings. The van der Waals surface area contributed by atoms with Crippen LogP contribution in [0, 0.1) is 0 Å². The zero-order valence-corrected chi connectivity index (χ0v) is 14.3. The van der Waals surface area contributed by atoms with Gasteiger partial charge in [0.15, 0.2) is 0 Å². The molecule has 0 aliphatic rings. The first kappa shape index (κ1) is 18.8. The van der Waals surface area contributed by atoms with E-state index in [-0.39, 0.29) is 5.92 Å². The van der Waals surface area contributed by atoms with Crippen LogP contribution < -0.4 is 5.73 Å². The lowest BCUT2D eigenvalue weighted by atomic mass is 9.90. The predicted octanol–water partition coefficient (Wildman–Crippen LogP) is 5.15. The van der Waals surface area contributed by atoms with Crippen molar-refractivity contribution in [1.29, 1.82) is 0 Å². The van der Waals surface area contributed by atoms with Crippen molar-refractivity contribution >= 4 is 23.2 Å². The summed E-state index contributed by atoms with van der Waals surface area (Å²) >= 11 is 12.1. The summed E-state index contributed by atoms with van der Waals surface area (Å²) < 4.78 is 0. The monoisotopic (exact) mass is 331 g/mol. The maximum absolute atomic E-state index is 10.4. The Morgan fingerprint density at radius 3 is 2.38 bits per heavy atom. The minimum absolute atomic E-state index is 0.120. The third-order valence-corrected chi connectivity index (χ3v) is 4.50. The summed E-state index contributed by atoms with van der Waals surface area (Å²) in [5.74, 6) is -0.120. The zero-order chi connectivity index (χ0) is 15.7. The molecule has 1 rings (SSSR count). The molecule has 2 nitrogen and oxygen atoms in total. The molecule has 0 aromatic heterocycles. The van der Waals surface area contributed by atoms with Gasteiger partial charge in [0.2, 0.25) is 0 Å². The Hall–Kier alpha value is -0.280. The van der Waals surface area contributed by atoms with Crippen LogP contribution in [0.1, 0.15) is 63.4 Å². The van der Waals surface area contributed by atoms with Gasteiger partial charge in [0.25, 0.3) is 0 Å². The van der Waals surface area contributed by atoms with Crippen molar-refractivity contribution in [3.8, 4) is 0 Å². The third-order valence-electron chi connectivity index (χ3n) is 3.93. The maximum atomic E-state index is 10.4. The SMILES string of the molecule is CCCCCCCCC(O)C(CN)c1ccc(Cl)cc1Cl. The summed E-state index contributed by atoms with van der Waals surface area (Å²) in [4.78, 5) is 0. The van der Waals surface area contributed by atoms with E-state index in [9.17, 15) is 5.11 Å². The van der Waals surface area contributed by atoms with Gasteiger partial charge in [0.1, 0.15) is 0 Å². The van der Waals surface area contributed by atoms with Gasteiger partial charge < -0.3 is 10.8 Å². The van der Waals surface area contributed by atoms with Crippen molar-refractivity contribution in [2.45, 2.75) is 63.9 Å². The molecule has 1 aromatic rings. The number of nitrogens with two attached hydrogens (primary N) is 1. The highest BCUT2D eigenvalue weighted by molar-refractivity contribution is 6.35. The van der Waals surface area contributed by atoms with E-state index in [0.717, 1.165) is 18.4 Å². The average molecular weight is 332 g/mol. The molecule has 0 spiro atoms. The second-order valence-electron chi connectivity index (χ2n) is 5.63. The number of aliphatic hydroxyl groups is 1. The lowest BCUT2D eigenvalue weighted by Crippen LogP contribution is -2.26. The summed E-state index contributed by atoms with van der Waals surface area (Å²) in [6, 6.07) is 5.37. The largest absolute Gasteiger partial charge is 0.392 e. The van der Waals surface area contributed by atoms with E-state index in [1.807, 2.05) is 6.07 Å². The molecule has 0 saturated carbocycles. The van der Waals surface area contributed by atoms with Gasteiger partial charge in [-0.3, -0.25) is 0 Å². The molecule has 2 atom stereocenters. The van der Waals surface area contributed by atoms with E-state index >= 15 is 0 Å². The molecule has 4 heteroatoms. The Balaban J connectivity index is 2.47. The molecule has 120 valence electrons. The van der Waals surface area contributed by atoms with E-state index in [0.29, 0.717) is 16.6 Å². The number of rotatable bonds is 10. The first-order chi connectivity index (χ1) is 10.1. The number of hydrogen-bond acceptors (Lipinski definition) is 2. The van der Waals surface area contributed by atoms with E-state index < -0.39 is 6.10 Å². The van der Waals surface area contributed by atoms with Crippen molar-refractivity contribution in [3.63, 3.8) is 0 Å². The number of hydrogen-bond donors (Lipinski definition) is 2. The van der Waals surface area contributed by atoms with Gasteiger partial charge in [-0.25, -0.2) is 0 Å². The molecule has 0 saturated heterocycles. The van der Waals surface area contributed by atoms with Crippen LogP contribution in [-0.4, -0.2) is 17.8 Å². The summed E-state index contributed by atoms with van der Waals surface area (Å²) in [6.45, 7) is 2.60. The van der Waals surface area contributed by atoms with Gasteiger partial charge in [-0.2, -0.15) is 0 Å². The molecular formula is C17H27Cl2NO. The molecule has 2 unspecified atom stereocenters. The van der Waals surface area contributed by atoms with Crippen LogP contribution >= 0.6 is 23.2 Å². The van der Waals surface area contributed by atoms with Crippen LogP contribution in [0.3, 0.4) is 0 Å². The molecule has 0 amide bonds. The highest BCUT2D eigenvalue weighted by Crippen LogP contribution is 2.30. The Morgan fingerprint density at radius 1 is 1.10 bits per heavy atom. The minimum Gasteiger partial charge on any atom is -0.392 e. The second kappa shape index (κ2) is 10.4. The zero-order valence-electron chi connectivity index (χ0n) is 12.8. The van der Waals surface area contributed by atoms with E-state index in [1.54, 1.807) is 12.1 Å². The molecular weight excluding hydrogens is 305 g/mol. The molecule has 0 bridgehead atoms. The average Bonchev–Trinajstić information content (AvgIpc) is 2.45. The van der Waals surface area contributed by atoms with Crippen molar-refractivity contribution in [3.05, 3.63) is 33.8 Å². The predicted molar refractivity (Wildman–Crippen MR) is 92.3 cm³/mol. The lowest BCUT2D eigenvalue weighted by Gasteiger charge is -2.23. The lowest BCUT2D eigenvalue weighted by molar-refractivity contribution is 0.132. The van der Waals surface area contributed by atoms with Crippen LogP contribution in [0.5, 0.6) is 0 Å². The Kier molecular flexibility index (Phi) is 9.34. The van der Waals surface area contributed by atoms with Crippen LogP contribution in [0.15, 0.2) is 18.2 Å². The number of benzene rings is 1. The molecule has 21 heavy (non-hydrogen) atoms. The highest BCUT2D eigenvalue weighted by Gasteiger charge is 2.21. The van der Waals surface area contributed by atoms with Gasteiger partial charge in [0.05, 0.1) is 6.10 Å². The van der Waals surface area contributed by atoms with Crippen LogP contribution in [0.4, 0.5) is 0 Å². The Morgan fingerprint density at radius 2 is 1.76 bits per heavy atom. The number of halogens is 2. The molecule has 0 heterocycles. The van der Waals surface area contributed by atoms with Gasteiger partial charge in [0, 0.05) is 22.5 Å². The standard InChI is InChI=1S/C17H27Cl2NO/c1-2-3-4-5-6-7-8-17(21)15(12-20)14-10-9-13(18)11-16(14)19/h9-11,15,17,21H,2-8,12,20H2,1H3. The fourth-order valence-electron chi connectivity index (χ4n) is 2.63. The Bertz CT molecular complexity index is 412. The topological polar surface area (TPSA) is 46.2 Å². The van der Waals surface area contributed by atoms with E-state index in [4.69, 9.17) is 28.9 Å². The number of unbranched alkanes of at least 4 members (excludes halogenated alkanes) is 5. The normalized spacial score (nSPS) is 14.1. The van der Waals surface area contributed by atoms with Crippen molar-refractivity contribution in [1.82, 2.24) is 0 Å². The third kappa shape index (κ3) is 6.56. The Labute approximate surface area is 138 Å². The summed E-state index contributed by atoms with van der Waals surface area (Å²) in [5, 5.41) is 11.6. The smallest absolute Gasteiger partial charge is 0.0621 e. The van der Waals surface area contributed by atoms with Crippen LogP contribution in [0.25, 0.3) is 0 Å². The quantitative estimate of drug-likeness (QED) is 0.582. The van der Waals surface area contributed by atoms with Crippen molar-refractivity contribution in [2.75, 3.05) is 6.54 Å². The van der Waals surface area contributed by atoms with Gasteiger partial charge in [-0.15, -0.1) is 0 Å². The maximum Gasteiger partial charge on any atom is 0.0621 e. The minimum atomic E-state index is -0.445. The summed E-state index contributed by atoms with van der Waals surface area (Å²) in [5.41, 5.74) is 6.72. The fraction of sp³-hybridized carbons (Fsp3) is 0.647. The highest BCUT2D eigenvalue weighted by atomic mass is 35.5. The molecule has 0 aliphatic heterocycles. The van der Waals surface area contributed by atoms with Gasteiger partial charge in [-0.05, 0) is 24.1 Å². The summed E-state index contributed by atoms with van der Waals surface area (Å²) in [6.07, 6.45) is 7.62. The second-order valence-corrected chi connectivity index (χ2v) is 6.48. The van der Waals surface area contributed by atoms with E-state index in [2.05, 4.69) is 6.92 Å². The fourth-order valence-corrected chi connectivity index (χ4v) is 3.18. The van der Waals surface area contributed by atoms with Crippen molar-refractivity contribution < 1.29 is 5.11 Å². The molecule has 0 aliphatic carbocycles. The number of aliphatic hydroxyl groups excluding tert-OH is 1. The first-order valence-electron chi connectivity index (χ1n) is 7.93. The molecule has 3 N–H and O–H groups in total. The van der Waals surface area contributed by atoms with Crippen LogP contribution in [0.2, 0.25) is 10.0 Å². The summed E-state index contributed by atoms with van der Waals surface area (Å²) in [7, 11) is 0. The van der Waals surface area contributed by atoms with Gasteiger partial charge in [-0.1, -0.05) is 74.7 Å². The van der Waals surface area contributed by atoms with Crippen molar-refractivity contribution in [2.24, 2.45) is 5.73 Å².